The van der Waals surface area contributed by atoms with Gasteiger partial charge in [-0.2, -0.15) is 0 Å². The highest BCUT2D eigenvalue weighted by molar-refractivity contribution is 7.14. The van der Waals surface area contributed by atoms with Crippen molar-refractivity contribution in [3.63, 3.8) is 0 Å². The summed E-state index contributed by atoms with van der Waals surface area (Å²) < 4.78 is 0. The number of benzene rings is 2. The highest BCUT2D eigenvalue weighted by Crippen LogP contribution is 2.33. The summed E-state index contributed by atoms with van der Waals surface area (Å²) in [5.74, 6) is -0.0215. The molecule has 2 aromatic carbocycles. The van der Waals surface area contributed by atoms with Crippen LogP contribution < -0.4 is 5.32 Å². The number of amides is 1. The molecule has 3 N–H and O–H groups in total. The Kier molecular flexibility index (Phi) is 4.41. The largest absolute Gasteiger partial charge is 0.361 e. The van der Waals surface area contributed by atoms with Crippen LogP contribution in [0.4, 0.5) is 5.13 Å². The number of aryl methyl sites for hydroxylation is 2. The van der Waals surface area contributed by atoms with Crippen molar-refractivity contribution in [2.75, 3.05) is 5.32 Å². The van der Waals surface area contributed by atoms with E-state index < -0.39 is 0 Å². The van der Waals surface area contributed by atoms with Gasteiger partial charge in [-0.05, 0) is 31.0 Å². The van der Waals surface area contributed by atoms with E-state index in [1.54, 1.807) is 0 Å². The van der Waals surface area contributed by atoms with Gasteiger partial charge in [0.25, 0.3) is 0 Å². The second-order valence-electron chi connectivity index (χ2n) is 7.12. The van der Waals surface area contributed by atoms with E-state index in [1.165, 1.54) is 16.7 Å². The van der Waals surface area contributed by atoms with Crippen LogP contribution in [0, 0.1) is 6.92 Å². The smallest absolute Gasteiger partial charge is 0.226 e. The number of hydrogen-bond acceptors (Lipinski definition) is 3. The number of fused-ring (bicyclic) bond motifs is 2. The van der Waals surface area contributed by atoms with Gasteiger partial charge in [-0.15, -0.1) is 11.3 Å². The van der Waals surface area contributed by atoms with Crippen molar-refractivity contribution in [3.05, 3.63) is 71.4 Å². The molecule has 5 rings (SSSR count). The fourth-order valence-electron chi connectivity index (χ4n) is 3.82. The molecule has 3 heterocycles. The first-order valence-corrected chi connectivity index (χ1v) is 10.4. The van der Waals surface area contributed by atoms with Gasteiger partial charge in [-0.25, -0.2) is 4.98 Å². The monoisotopic (exact) mass is 400 g/mol. The number of H-pyrrole nitrogens is 2. The van der Waals surface area contributed by atoms with Gasteiger partial charge in [0.05, 0.1) is 5.69 Å². The van der Waals surface area contributed by atoms with Crippen molar-refractivity contribution < 1.29 is 4.79 Å². The first kappa shape index (κ1) is 17.7. The molecular weight excluding hydrogens is 380 g/mol. The van der Waals surface area contributed by atoms with Crippen LogP contribution in [0.3, 0.4) is 0 Å². The highest BCUT2D eigenvalue weighted by Gasteiger charge is 2.15. The number of aromatic nitrogens is 3. The number of nitrogens with one attached hydrogen (secondary N) is 3. The fraction of sp³-hybridized carbons (Fsp3) is 0.130. The molecule has 0 bridgehead atoms. The Balaban J connectivity index is 1.30. The number of thiazole rings is 1. The maximum atomic E-state index is 12.5. The maximum absolute atomic E-state index is 12.5. The molecule has 0 unspecified atom stereocenters. The van der Waals surface area contributed by atoms with E-state index in [4.69, 9.17) is 0 Å². The molecule has 0 atom stereocenters. The lowest BCUT2D eigenvalue weighted by Crippen LogP contribution is -2.12. The minimum absolute atomic E-state index is 0.0215. The van der Waals surface area contributed by atoms with Crippen LogP contribution in [0.5, 0.6) is 0 Å². The Labute approximate surface area is 171 Å². The molecule has 3 aromatic heterocycles. The third-order valence-corrected chi connectivity index (χ3v) is 5.95. The van der Waals surface area contributed by atoms with Crippen LogP contribution in [0.15, 0.2) is 60.1 Å². The van der Waals surface area contributed by atoms with E-state index in [1.807, 2.05) is 48.8 Å². The number of para-hydroxylation sites is 2. The molecular formula is C23H20N4OS. The molecule has 0 aliphatic carbocycles. The lowest BCUT2D eigenvalue weighted by atomic mass is 10.1. The summed E-state index contributed by atoms with van der Waals surface area (Å²) in [5.41, 5.74) is 6.41. The third-order valence-electron chi connectivity index (χ3n) is 5.20. The van der Waals surface area contributed by atoms with Crippen LogP contribution in [0.25, 0.3) is 33.1 Å². The van der Waals surface area contributed by atoms with E-state index in [0.717, 1.165) is 38.9 Å². The van der Waals surface area contributed by atoms with Gasteiger partial charge in [0.1, 0.15) is 0 Å². The minimum atomic E-state index is -0.0215. The Morgan fingerprint density at radius 1 is 1.07 bits per heavy atom. The number of hydrogen-bond donors (Lipinski definition) is 3. The summed E-state index contributed by atoms with van der Waals surface area (Å²) in [7, 11) is 0. The molecule has 5 aromatic rings. The molecule has 0 fully saturated rings. The van der Waals surface area contributed by atoms with Crippen molar-refractivity contribution in [2.24, 2.45) is 0 Å². The van der Waals surface area contributed by atoms with Crippen LogP contribution >= 0.6 is 11.3 Å². The second-order valence-corrected chi connectivity index (χ2v) is 7.97. The Hall–Kier alpha value is -3.38. The summed E-state index contributed by atoms with van der Waals surface area (Å²) in [6.07, 6.45) is 3.09. The zero-order valence-corrected chi connectivity index (χ0v) is 16.8. The van der Waals surface area contributed by atoms with E-state index in [2.05, 4.69) is 38.5 Å². The van der Waals surface area contributed by atoms with E-state index in [-0.39, 0.29) is 5.91 Å². The molecule has 0 spiro atoms. The summed E-state index contributed by atoms with van der Waals surface area (Å²) in [6, 6.07) is 16.3. The Bertz CT molecular complexity index is 1330. The number of carbonyl (C=O) groups is 1. The van der Waals surface area contributed by atoms with Crippen LogP contribution in [-0.2, 0) is 11.2 Å². The van der Waals surface area contributed by atoms with Gasteiger partial charge in [-0.3, -0.25) is 4.79 Å². The van der Waals surface area contributed by atoms with Gasteiger partial charge >= 0.3 is 0 Å². The predicted molar refractivity (Wildman–Crippen MR) is 119 cm³/mol. The average molecular weight is 401 g/mol. The summed E-state index contributed by atoms with van der Waals surface area (Å²) in [5, 5.41) is 7.90. The van der Waals surface area contributed by atoms with Crippen molar-refractivity contribution >= 4 is 44.2 Å². The molecule has 0 aliphatic rings. The molecule has 0 saturated heterocycles. The number of rotatable bonds is 5. The lowest BCUT2D eigenvalue weighted by molar-refractivity contribution is -0.116. The first-order valence-electron chi connectivity index (χ1n) is 9.57. The number of aromatic amines is 2. The van der Waals surface area contributed by atoms with Crippen LogP contribution in [-0.4, -0.2) is 20.9 Å². The van der Waals surface area contributed by atoms with Gasteiger partial charge in [0.15, 0.2) is 5.13 Å². The molecule has 1 amide bonds. The average Bonchev–Trinajstić information content (AvgIpc) is 3.42. The van der Waals surface area contributed by atoms with Gasteiger partial charge in [0.2, 0.25) is 5.91 Å². The Morgan fingerprint density at radius 3 is 2.69 bits per heavy atom. The van der Waals surface area contributed by atoms with Crippen molar-refractivity contribution in [1.29, 1.82) is 0 Å². The standard InChI is InChI=1S/C23H20N4OS/c1-14-22(17-7-3-5-9-19(17)25-14)20-13-29-23(26-20)27-21(28)11-10-15-12-24-18-8-4-2-6-16(15)18/h2-9,12-13,24-25H,10-11H2,1H3,(H,26,27,28). The lowest BCUT2D eigenvalue weighted by Gasteiger charge is -2.02. The topological polar surface area (TPSA) is 73.6 Å². The Morgan fingerprint density at radius 2 is 1.83 bits per heavy atom. The molecule has 0 radical (unpaired) electrons. The summed E-state index contributed by atoms with van der Waals surface area (Å²) in [4.78, 5) is 23.8. The van der Waals surface area contributed by atoms with E-state index in [9.17, 15) is 4.79 Å². The summed E-state index contributed by atoms with van der Waals surface area (Å²) in [6.45, 7) is 2.05. The third kappa shape index (κ3) is 3.32. The summed E-state index contributed by atoms with van der Waals surface area (Å²) >= 11 is 1.46. The van der Waals surface area contributed by atoms with Crippen molar-refractivity contribution in [1.82, 2.24) is 15.0 Å². The SMILES string of the molecule is Cc1[nH]c2ccccc2c1-c1csc(NC(=O)CCc2c[nH]c3ccccc23)n1. The minimum Gasteiger partial charge on any atom is -0.361 e. The normalized spacial score (nSPS) is 11.3. The maximum Gasteiger partial charge on any atom is 0.226 e. The molecule has 0 saturated carbocycles. The molecule has 144 valence electrons. The van der Waals surface area contributed by atoms with Gasteiger partial charge < -0.3 is 15.3 Å². The quantitative estimate of drug-likeness (QED) is 0.356. The van der Waals surface area contributed by atoms with E-state index in [0.29, 0.717) is 18.0 Å². The van der Waals surface area contributed by atoms with Crippen molar-refractivity contribution in [2.45, 2.75) is 19.8 Å². The van der Waals surface area contributed by atoms with Crippen LogP contribution in [0.1, 0.15) is 17.7 Å². The predicted octanol–water partition coefficient (Wildman–Crippen LogP) is 5.65. The number of nitrogens with zero attached hydrogens (tertiary/aromatic N) is 1. The fourth-order valence-corrected chi connectivity index (χ4v) is 4.54. The zero-order valence-electron chi connectivity index (χ0n) is 16.0. The number of anilines is 1. The van der Waals surface area contributed by atoms with Crippen molar-refractivity contribution in [3.8, 4) is 11.3 Å². The zero-order chi connectivity index (χ0) is 19.8. The van der Waals surface area contributed by atoms with Crippen LogP contribution in [0.2, 0.25) is 0 Å². The molecule has 6 heteroatoms. The molecule has 0 aliphatic heterocycles. The second kappa shape index (κ2) is 7.22. The molecule has 29 heavy (non-hydrogen) atoms. The highest BCUT2D eigenvalue weighted by atomic mass is 32.1. The first-order chi connectivity index (χ1) is 14.2. The van der Waals surface area contributed by atoms with E-state index >= 15 is 0 Å². The van der Waals surface area contributed by atoms with Gasteiger partial charge in [0, 0.05) is 51.1 Å². The molecule has 5 nitrogen and oxygen atoms in total. The van der Waals surface area contributed by atoms with Gasteiger partial charge in [-0.1, -0.05) is 36.4 Å². The number of carbonyl (C=O) groups excluding carboxylic acids is 1.